The number of halogens is 1. The highest BCUT2D eigenvalue weighted by molar-refractivity contribution is 6.17. The fourth-order valence-electron chi connectivity index (χ4n) is 1.07. The Morgan fingerprint density at radius 1 is 1.38 bits per heavy atom. The molecule has 0 bridgehead atoms. The minimum absolute atomic E-state index is 0.442. The van der Waals surface area contributed by atoms with E-state index in [0.717, 1.165) is 11.3 Å². The van der Waals surface area contributed by atoms with Crippen molar-refractivity contribution in [3.05, 3.63) is 36.7 Å². The molecule has 0 aliphatic carbocycles. The molecule has 0 aromatic carbocycles. The molecule has 0 spiro atoms. The van der Waals surface area contributed by atoms with Crippen molar-refractivity contribution in [2.24, 2.45) is 0 Å². The van der Waals surface area contributed by atoms with Gasteiger partial charge in [-0.15, -0.1) is 11.6 Å². The summed E-state index contributed by atoms with van der Waals surface area (Å²) in [5.74, 6) is 0.442. The zero-order chi connectivity index (χ0) is 9.10. The van der Waals surface area contributed by atoms with Crippen LogP contribution in [-0.2, 0) is 5.88 Å². The van der Waals surface area contributed by atoms with Gasteiger partial charge in [0.25, 0.3) is 0 Å². The maximum absolute atomic E-state index is 5.76. The molecule has 2 aromatic heterocycles. The lowest BCUT2D eigenvalue weighted by molar-refractivity contribution is 0.862. The predicted molar refractivity (Wildman–Crippen MR) is 48.7 cm³/mol. The van der Waals surface area contributed by atoms with E-state index in [1.54, 1.807) is 23.4 Å². The van der Waals surface area contributed by atoms with Gasteiger partial charge in [0.1, 0.15) is 12.7 Å². The fraction of sp³-hybridized carbons (Fsp3) is 0.125. The van der Waals surface area contributed by atoms with Crippen LogP contribution in [0.15, 0.2) is 31.1 Å². The zero-order valence-electron chi connectivity index (χ0n) is 6.76. The third kappa shape index (κ3) is 1.53. The molecule has 66 valence electrons. The molecule has 2 aromatic rings. The highest BCUT2D eigenvalue weighted by Crippen LogP contribution is 2.12. The monoisotopic (exact) mass is 194 g/mol. The number of hydrogen-bond acceptors (Lipinski definition) is 3. The minimum atomic E-state index is 0.442. The molecule has 0 unspecified atom stereocenters. The molecule has 0 radical (unpaired) electrons. The predicted octanol–water partition coefficient (Wildman–Crippen LogP) is 1.40. The van der Waals surface area contributed by atoms with Gasteiger partial charge in [-0.25, -0.2) is 9.67 Å². The number of aromatic nitrogens is 4. The summed E-state index contributed by atoms with van der Waals surface area (Å²) in [6, 6.07) is 1.87. The summed E-state index contributed by atoms with van der Waals surface area (Å²) in [6.07, 6.45) is 6.52. The van der Waals surface area contributed by atoms with E-state index >= 15 is 0 Å². The molecule has 0 atom stereocenters. The Kier molecular flexibility index (Phi) is 2.23. The molecule has 0 amide bonds. The molecule has 2 rings (SSSR count). The van der Waals surface area contributed by atoms with E-state index < -0.39 is 0 Å². The van der Waals surface area contributed by atoms with Crippen molar-refractivity contribution >= 4 is 11.6 Å². The van der Waals surface area contributed by atoms with E-state index in [4.69, 9.17) is 11.6 Å². The van der Waals surface area contributed by atoms with Gasteiger partial charge in [0, 0.05) is 12.1 Å². The molecule has 0 fully saturated rings. The second-order valence-electron chi connectivity index (χ2n) is 2.48. The van der Waals surface area contributed by atoms with Crippen molar-refractivity contribution in [2.75, 3.05) is 0 Å². The van der Waals surface area contributed by atoms with E-state index in [1.807, 2.05) is 6.07 Å². The highest BCUT2D eigenvalue weighted by Gasteiger charge is 2.02. The minimum Gasteiger partial charge on any atom is -0.262 e. The van der Waals surface area contributed by atoms with Crippen molar-refractivity contribution < 1.29 is 0 Å². The Morgan fingerprint density at radius 2 is 2.31 bits per heavy atom. The summed E-state index contributed by atoms with van der Waals surface area (Å²) in [5.41, 5.74) is 1.86. The van der Waals surface area contributed by atoms with Gasteiger partial charge < -0.3 is 0 Å². The van der Waals surface area contributed by atoms with Gasteiger partial charge in [0.15, 0.2) is 0 Å². The van der Waals surface area contributed by atoms with Crippen LogP contribution in [0, 0.1) is 0 Å². The van der Waals surface area contributed by atoms with Gasteiger partial charge in [0.2, 0.25) is 0 Å². The number of rotatable bonds is 2. The first kappa shape index (κ1) is 8.19. The molecular formula is C8H7ClN4. The third-order valence-electron chi connectivity index (χ3n) is 1.70. The molecule has 0 N–H and O–H groups in total. The quantitative estimate of drug-likeness (QED) is 0.679. The zero-order valence-corrected chi connectivity index (χ0v) is 7.52. The van der Waals surface area contributed by atoms with Crippen LogP contribution in [0.5, 0.6) is 0 Å². The fourth-order valence-corrected chi connectivity index (χ4v) is 1.29. The second-order valence-corrected chi connectivity index (χ2v) is 2.75. The largest absolute Gasteiger partial charge is 0.262 e. The SMILES string of the molecule is ClCc1ccncc1-n1cncn1. The summed E-state index contributed by atoms with van der Waals surface area (Å²) in [4.78, 5) is 7.86. The summed E-state index contributed by atoms with van der Waals surface area (Å²) in [6.45, 7) is 0. The molecular weight excluding hydrogens is 188 g/mol. The molecule has 0 aliphatic heterocycles. The Balaban J connectivity index is 2.51. The number of alkyl halides is 1. The molecule has 0 aliphatic rings. The van der Waals surface area contributed by atoms with Gasteiger partial charge in [0.05, 0.1) is 11.9 Å². The summed E-state index contributed by atoms with van der Waals surface area (Å²) >= 11 is 5.76. The molecule has 0 saturated carbocycles. The Bertz CT molecular complexity index is 385. The van der Waals surface area contributed by atoms with Crippen molar-refractivity contribution in [1.82, 2.24) is 19.7 Å². The number of pyridine rings is 1. The van der Waals surface area contributed by atoms with Gasteiger partial charge in [-0.2, -0.15) is 5.10 Å². The number of hydrogen-bond donors (Lipinski definition) is 0. The lowest BCUT2D eigenvalue weighted by Crippen LogP contribution is -1.99. The molecule has 5 heteroatoms. The van der Waals surface area contributed by atoms with E-state index in [0.29, 0.717) is 5.88 Å². The van der Waals surface area contributed by atoms with Crippen LogP contribution in [0.3, 0.4) is 0 Å². The van der Waals surface area contributed by atoms with Crippen molar-refractivity contribution in [3.8, 4) is 5.69 Å². The van der Waals surface area contributed by atoms with E-state index in [-0.39, 0.29) is 0 Å². The normalized spacial score (nSPS) is 10.2. The van der Waals surface area contributed by atoms with Gasteiger partial charge >= 0.3 is 0 Å². The number of nitrogens with zero attached hydrogens (tertiary/aromatic N) is 4. The van der Waals surface area contributed by atoms with E-state index in [9.17, 15) is 0 Å². The lowest BCUT2D eigenvalue weighted by atomic mass is 10.2. The smallest absolute Gasteiger partial charge is 0.138 e. The molecule has 0 saturated heterocycles. The Morgan fingerprint density at radius 3 is 3.00 bits per heavy atom. The highest BCUT2D eigenvalue weighted by atomic mass is 35.5. The van der Waals surface area contributed by atoms with Crippen molar-refractivity contribution in [1.29, 1.82) is 0 Å². The lowest BCUT2D eigenvalue weighted by Gasteiger charge is -2.03. The van der Waals surface area contributed by atoms with Crippen LogP contribution >= 0.6 is 11.6 Å². The summed E-state index contributed by atoms with van der Waals surface area (Å²) < 4.78 is 1.64. The van der Waals surface area contributed by atoms with Crippen LogP contribution in [0.4, 0.5) is 0 Å². The average Bonchev–Trinajstić information content (AvgIpc) is 2.70. The van der Waals surface area contributed by atoms with Crippen molar-refractivity contribution in [2.45, 2.75) is 5.88 Å². The van der Waals surface area contributed by atoms with E-state index in [1.165, 1.54) is 6.33 Å². The van der Waals surface area contributed by atoms with Crippen LogP contribution in [-0.4, -0.2) is 19.7 Å². The van der Waals surface area contributed by atoms with Crippen LogP contribution in [0.25, 0.3) is 5.69 Å². The Hall–Kier alpha value is -1.42. The standard InChI is InChI=1S/C8H7ClN4/c9-3-7-1-2-10-4-8(7)13-6-11-5-12-13/h1-2,4-6H,3H2. The second kappa shape index (κ2) is 3.53. The van der Waals surface area contributed by atoms with Gasteiger partial charge in [-0.05, 0) is 11.6 Å². The van der Waals surface area contributed by atoms with Crippen LogP contribution in [0.2, 0.25) is 0 Å². The van der Waals surface area contributed by atoms with E-state index in [2.05, 4.69) is 15.1 Å². The first-order valence-corrected chi connectivity index (χ1v) is 4.29. The Labute approximate surface area is 80.2 Å². The first-order chi connectivity index (χ1) is 6.42. The summed E-state index contributed by atoms with van der Waals surface area (Å²) in [5, 5.41) is 4.00. The molecule has 2 heterocycles. The molecule has 4 nitrogen and oxygen atoms in total. The first-order valence-electron chi connectivity index (χ1n) is 3.75. The maximum atomic E-state index is 5.76. The van der Waals surface area contributed by atoms with Gasteiger partial charge in [-0.3, -0.25) is 4.98 Å². The van der Waals surface area contributed by atoms with Crippen molar-refractivity contribution in [3.63, 3.8) is 0 Å². The van der Waals surface area contributed by atoms with Gasteiger partial charge in [-0.1, -0.05) is 0 Å². The van der Waals surface area contributed by atoms with Crippen LogP contribution in [0.1, 0.15) is 5.56 Å². The summed E-state index contributed by atoms with van der Waals surface area (Å²) in [7, 11) is 0. The average molecular weight is 195 g/mol. The van der Waals surface area contributed by atoms with Crippen LogP contribution < -0.4 is 0 Å². The molecule has 13 heavy (non-hydrogen) atoms. The maximum Gasteiger partial charge on any atom is 0.138 e. The topological polar surface area (TPSA) is 43.6 Å². The third-order valence-corrected chi connectivity index (χ3v) is 1.99.